The molecule has 0 N–H and O–H groups in total. The Bertz CT molecular complexity index is 477. The Kier molecular flexibility index (Phi) is 4.59. The van der Waals surface area contributed by atoms with Crippen molar-refractivity contribution in [2.45, 2.75) is 17.6 Å². The second-order valence-electron chi connectivity index (χ2n) is 3.87. The molecular weight excluding hydrogens is 268 g/mol. The van der Waals surface area contributed by atoms with Crippen LogP contribution in [-0.4, -0.2) is 19.0 Å². The van der Waals surface area contributed by atoms with Gasteiger partial charge in [-0.05, 0) is 43.6 Å². The fourth-order valence-corrected chi connectivity index (χ4v) is 1.89. The monoisotopic (exact) mass is 278 g/mol. The number of thiocyanates is 1. The van der Waals surface area contributed by atoms with E-state index in [2.05, 4.69) is 0 Å². The molecule has 0 unspecified atom stereocenters. The van der Waals surface area contributed by atoms with E-state index in [1.165, 1.54) is 4.90 Å². The SMILES string of the molecule is CN(C)Cc1cc(F)c(SC#N)cc1C(F)(F)F. The number of halogens is 4. The fraction of sp³-hybridized carbons (Fsp3) is 0.364. The van der Waals surface area contributed by atoms with Crippen LogP contribution in [0.1, 0.15) is 11.1 Å². The molecule has 0 spiro atoms. The molecule has 0 aliphatic rings. The molecule has 1 aromatic carbocycles. The molecule has 0 saturated heterocycles. The Morgan fingerprint density at radius 1 is 1.33 bits per heavy atom. The van der Waals surface area contributed by atoms with Crippen molar-refractivity contribution in [2.24, 2.45) is 0 Å². The minimum absolute atomic E-state index is 0.0245. The molecule has 1 rings (SSSR count). The van der Waals surface area contributed by atoms with Crippen molar-refractivity contribution in [3.8, 4) is 5.40 Å². The molecule has 0 aliphatic carbocycles. The van der Waals surface area contributed by atoms with Gasteiger partial charge in [0.05, 0.1) is 10.5 Å². The zero-order valence-electron chi connectivity index (χ0n) is 9.68. The highest BCUT2D eigenvalue weighted by Gasteiger charge is 2.34. The van der Waals surface area contributed by atoms with E-state index in [0.29, 0.717) is 17.8 Å². The van der Waals surface area contributed by atoms with Gasteiger partial charge in [0.15, 0.2) is 0 Å². The number of nitriles is 1. The van der Waals surface area contributed by atoms with Crippen molar-refractivity contribution < 1.29 is 17.6 Å². The largest absolute Gasteiger partial charge is 0.416 e. The summed E-state index contributed by atoms with van der Waals surface area (Å²) in [5.41, 5.74) is -1.05. The molecule has 0 radical (unpaired) electrons. The van der Waals surface area contributed by atoms with Crippen molar-refractivity contribution in [1.29, 1.82) is 5.26 Å². The third-order valence-corrected chi connectivity index (χ3v) is 2.73. The Morgan fingerprint density at radius 2 is 1.94 bits per heavy atom. The van der Waals surface area contributed by atoms with E-state index in [1.807, 2.05) is 0 Å². The first-order valence-electron chi connectivity index (χ1n) is 4.86. The Morgan fingerprint density at radius 3 is 2.39 bits per heavy atom. The van der Waals surface area contributed by atoms with Crippen LogP contribution in [0.5, 0.6) is 0 Å². The Balaban J connectivity index is 3.33. The fourth-order valence-electron chi connectivity index (χ4n) is 1.46. The summed E-state index contributed by atoms with van der Waals surface area (Å²) in [4.78, 5) is 1.20. The zero-order valence-corrected chi connectivity index (χ0v) is 10.5. The molecule has 7 heteroatoms. The average molecular weight is 278 g/mol. The summed E-state index contributed by atoms with van der Waals surface area (Å²) < 4.78 is 52.0. The third-order valence-electron chi connectivity index (χ3n) is 2.11. The molecule has 0 amide bonds. The summed E-state index contributed by atoms with van der Waals surface area (Å²) in [7, 11) is 3.19. The number of hydrogen-bond acceptors (Lipinski definition) is 3. The maximum atomic E-state index is 13.5. The molecular formula is C11H10F4N2S. The highest BCUT2D eigenvalue weighted by molar-refractivity contribution is 8.03. The van der Waals surface area contributed by atoms with E-state index in [9.17, 15) is 17.6 Å². The van der Waals surface area contributed by atoms with E-state index in [4.69, 9.17) is 5.26 Å². The lowest BCUT2D eigenvalue weighted by Crippen LogP contribution is -2.17. The lowest BCUT2D eigenvalue weighted by Gasteiger charge is -2.17. The summed E-state index contributed by atoms with van der Waals surface area (Å²) >= 11 is 0.377. The first kappa shape index (κ1) is 14.8. The van der Waals surface area contributed by atoms with Gasteiger partial charge in [-0.15, -0.1) is 0 Å². The summed E-state index contributed by atoms with van der Waals surface area (Å²) in [6.07, 6.45) is -4.57. The van der Waals surface area contributed by atoms with Crippen LogP contribution >= 0.6 is 11.8 Å². The smallest absolute Gasteiger partial charge is 0.305 e. The molecule has 0 atom stereocenters. The van der Waals surface area contributed by atoms with Gasteiger partial charge >= 0.3 is 6.18 Å². The summed E-state index contributed by atoms with van der Waals surface area (Å²) in [6, 6.07) is 1.52. The maximum Gasteiger partial charge on any atom is 0.416 e. The second-order valence-corrected chi connectivity index (χ2v) is 4.70. The van der Waals surface area contributed by atoms with Gasteiger partial charge in [0.2, 0.25) is 0 Å². The van der Waals surface area contributed by atoms with Gasteiger partial charge in [0.1, 0.15) is 11.2 Å². The van der Waals surface area contributed by atoms with Gasteiger partial charge in [-0.2, -0.15) is 18.4 Å². The molecule has 0 aliphatic heterocycles. The molecule has 0 bridgehead atoms. The van der Waals surface area contributed by atoms with Gasteiger partial charge in [0, 0.05) is 6.54 Å². The predicted octanol–water partition coefficient (Wildman–Crippen LogP) is 3.48. The van der Waals surface area contributed by atoms with E-state index >= 15 is 0 Å². The van der Waals surface area contributed by atoms with Crippen molar-refractivity contribution in [1.82, 2.24) is 4.90 Å². The highest BCUT2D eigenvalue weighted by atomic mass is 32.2. The molecule has 0 saturated carbocycles. The molecule has 0 fully saturated rings. The van der Waals surface area contributed by atoms with E-state index in [1.54, 1.807) is 19.5 Å². The number of nitrogens with zero attached hydrogens (tertiary/aromatic N) is 2. The molecule has 98 valence electrons. The first-order valence-corrected chi connectivity index (χ1v) is 5.67. The van der Waals surface area contributed by atoms with Crippen molar-refractivity contribution in [2.75, 3.05) is 14.1 Å². The van der Waals surface area contributed by atoms with Crippen LogP contribution in [0.25, 0.3) is 0 Å². The average Bonchev–Trinajstić information content (AvgIpc) is 2.19. The van der Waals surface area contributed by atoms with Crippen molar-refractivity contribution in [3.63, 3.8) is 0 Å². The number of thioether (sulfide) groups is 1. The van der Waals surface area contributed by atoms with Crippen LogP contribution in [0.4, 0.5) is 17.6 Å². The van der Waals surface area contributed by atoms with E-state index < -0.39 is 17.6 Å². The summed E-state index contributed by atoms with van der Waals surface area (Å²) in [5.74, 6) is -0.814. The molecule has 2 nitrogen and oxygen atoms in total. The number of alkyl halides is 3. The maximum absolute atomic E-state index is 13.5. The first-order chi connectivity index (χ1) is 8.25. The summed E-state index contributed by atoms with van der Waals surface area (Å²) in [6.45, 7) is -0.0245. The topological polar surface area (TPSA) is 27.0 Å². The van der Waals surface area contributed by atoms with Crippen molar-refractivity contribution in [3.05, 3.63) is 29.1 Å². The van der Waals surface area contributed by atoms with Crippen LogP contribution in [0.3, 0.4) is 0 Å². The minimum Gasteiger partial charge on any atom is -0.305 e. The zero-order chi connectivity index (χ0) is 13.9. The molecule has 18 heavy (non-hydrogen) atoms. The standard InChI is InChI=1S/C11H10F4N2S/c1-17(2)5-7-3-9(12)10(18-6-16)4-8(7)11(13,14)15/h3-4H,5H2,1-2H3. The van der Waals surface area contributed by atoms with Gasteiger partial charge < -0.3 is 4.90 Å². The predicted molar refractivity (Wildman–Crippen MR) is 60.3 cm³/mol. The Hall–Kier alpha value is -1.26. The molecule has 0 aromatic heterocycles. The second kappa shape index (κ2) is 5.59. The summed E-state index contributed by atoms with van der Waals surface area (Å²) in [5, 5.41) is 9.97. The van der Waals surface area contributed by atoms with Crippen molar-refractivity contribution >= 4 is 11.8 Å². The lowest BCUT2D eigenvalue weighted by atomic mass is 10.1. The number of rotatable bonds is 3. The van der Waals surface area contributed by atoms with Gasteiger partial charge in [0.25, 0.3) is 0 Å². The van der Waals surface area contributed by atoms with Crippen LogP contribution in [0.2, 0.25) is 0 Å². The van der Waals surface area contributed by atoms with E-state index in [-0.39, 0.29) is 17.0 Å². The quantitative estimate of drug-likeness (QED) is 0.481. The molecule has 0 heterocycles. The van der Waals surface area contributed by atoms with Crippen LogP contribution in [-0.2, 0) is 12.7 Å². The Labute approximate surface area is 106 Å². The van der Waals surface area contributed by atoms with E-state index in [0.717, 1.165) is 6.07 Å². The van der Waals surface area contributed by atoms with Gasteiger partial charge in [-0.1, -0.05) is 0 Å². The molecule has 1 aromatic rings. The minimum atomic E-state index is -4.57. The van der Waals surface area contributed by atoms with Gasteiger partial charge in [-0.3, -0.25) is 0 Å². The lowest BCUT2D eigenvalue weighted by molar-refractivity contribution is -0.138. The third kappa shape index (κ3) is 3.62. The van der Waals surface area contributed by atoms with Crippen LogP contribution < -0.4 is 0 Å². The van der Waals surface area contributed by atoms with Crippen LogP contribution in [0.15, 0.2) is 17.0 Å². The van der Waals surface area contributed by atoms with Gasteiger partial charge in [-0.25, -0.2) is 4.39 Å². The number of benzene rings is 1. The number of hydrogen-bond donors (Lipinski definition) is 0. The normalized spacial score (nSPS) is 11.7. The van der Waals surface area contributed by atoms with Crippen LogP contribution in [0, 0.1) is 16.5 Å². The highest BCUT2D eigenvalue weighted by Crippen LogP contribution is 2.36.